The SMILES string of the molecule is Fc1cncc(/N=C/c2ccccc2Cl)c1. The maximum atomic E-state index is 12.8. The molecule has 4 heteroatoms. The van der Waals surface area contributed by atoms with Crippen LogP contribution in [0.1, 0.15) is 5.56 Å². The largest absolute Gasteiger partial charge is 0.259 e. The van der Waals surface area contributed by atoms with Crippen LogP contribution in [0.2, 0.25) is 5.02 Å². The van der Waals surface area contributed by atoms with Gasteiger partial charge in [-0.25, -0.2) is 4.39 Å². The normalized spacial score (nSPS) is 10.9. The summed E-state index contributed by atoms with van der Waals surface area (Å²) in [5, 5.41) is 0.607. The first-order chi connectivity index (χ1) is 7.75. The van der Waals surface area contributed by atoms with Gasteiger partial charge in [0, 0.05) is 22.9 Å². The Morgan fingerprint density at radius 3 is 2.81 bits per heavy atom. The molecule has 0 atom stereocenters. The predicted molar refractivity (Wildman–Crippen MR) is 62.9 cm³/mol. The number of pyridine rings is 1. The van der Waals surface area contributed by atoms with Gasteiger partial charge in [-0.15, -0.1) is 0 Å². The van der Waals surface area contributed by atoms with Crippen molar-refractivity contribution in [2.45, 2.75) is 0 Å². The van der Waals surface area contributed by atoms with E-state index in [4.69, 9.17) is 11.6 Å². The first kappa shape index (κ1) is 10.8. The van der Waals surface area contributed by atoms with Crippen LogP contribution < -0.4 is 0 Å². The summed E-state index contributed by atoms with van der Waals surface area (Å²) in [4.78, 5) is 7.78. The lowest BCUT2D eigenvalue weighted by Crippen LogP contribution is -1.82. The summed E-state index contributed by atoms with van der Waals surface area (Å²) in [5.74, 6) is -0.409. The van der Waals surface area contributed by atoms with E-state index in [1.807, 2.05) is 18.2 Å². The molecule has 0 spiro atoms. The van der Waals surface area contributed by atoms with Crippen molar-refractivity contribution in [1.82, 2.24) is 4.98 Å². The van der Waals surface area contributed by atoms with Gasteiger partial charge in [0.25, 0.3) is 0 Å². The van der Waals surface area contributed by atoms with E-state index < -0.39 is 5.82 Å². The lowest BCUT2D eigenvalue weighted by atomic mass is 10.2. The number of halogens is 2. The molecule has 0 fully saturated rings. The van der Waals surface area contributed by atoms with Gasteiger partial charge in [-0.1, -0.05) is 29.8 Å². The number of rotatable bonds is 2. The topological polar surface area (TPSA) is 25.2 Å². The quantitative estimate of drug-likeness (QED) is 0.729. The number of aromatic nitrogens is 1. The summed E-state index contributed by atoms with van der Waals surface area (Å²) >= 11 is 5.94. The highest BCUT2D eigenvalue weighted by Gasteiger charge is 1.95. The van der Waals surface area contributed by atoms with Crippen LogP contribution in [0.3, 0.4) is 0 Å². The Morgan fingerprint density at radius 1 is 1.25 bits per heavy atom. The zero-order chi connectivity index (χ0) is 11.4. The molecule has 16 heavy (non-hydrogen) atoms. The molecule has 0 unspecified atom stereocenters. The Kier molecular flexibility index (Phi) is 3.27. The lowest BCUT2D eigenvalue weighted by Gasteiger charge is -1.96. The van der Waals surface area contributed by atoms with Crippen LogP contribution in [0.5, 0.6) is 0 Å². The van der Waals surface area contributed by atoms with Gasteiger partial charge in [-0.2, -0.15) is 0 Å². The van der Waals surface area contributed by atoms with Gasteiger partial charge in [0.1, 0.15) is 5.82 Å². The highest BCUT2D eigenvalue weighted by Crippen LogP contribution is 2.15. The average molecular weight is 235 g/mol. The van der Waals surface area contributed by atoms with Gasteiger partial charge in [0.2, 0.25) is 0 Å². The molecule has 0 amide bonds. The minimum absolute atomic E-state index is 0.409. The van der Waals surface area contributed by atoms with E-state index in [0.717, 1.165) is 11.8 Å². The van der Waals surface area contributed by atoms with E-state index in [-0.39, 0.29) is 0 Å². The second-order valence-corrected chi connectivity index (χ2v) is 3.55. The number of aliphatic imine (C=N–C) groups is 1. The van der Waals surface area contributed by atoms with Crippen LogP contribution in [0.4, 0.5) is 10.1 Å². The smallest absolute Gasteiger partial charge is 0.143 e. The summed E-state index contributed by atoms with van der Waals surface area (Å²) in [5.41, 5.74) is 1.24. The maximum Gasteiger partial charge on any atom is 0.143 e. The summed E-state index contributed by atoms with van der Waals surface area (Å²) < 4.78 is 12.8. The molecule has 2 aromatic rings. The lowest BCUT2D eigenvalue weighted by molar-refractivity contribution is 0.622. The van der Waals surface area contributed by atoms with E-state index in [1.165, 1.54) is 12.3 Å². The third kappa shape index (κ3) is 2.64. The van der Waals surface area contributed by atoms with E-state index in [9.17, 15) is 4.39 Å². The molecule has 2 rings (SSSR count). The van der Waals surface area contributed by atoms with Gasteiger partial charge in [0.15, 0.2) is 0 Å². The minimum atomic E-state index is -0.409. The third-order valence-electron chi connectivity index (χ3n) is 1.95. The Balaban J connectivity index is 2.25. The Morgan fingerprint density at radius 2 is 2.06 bits per heavy atom. The first-order valence-corrected chi connectivity index (χ1v) is 5.02. The van der Waals surface area contributed by atoms with Crippen molar-refractivity contribution in [3.05, 3.63) is 59.1 Å². The zero-order valence-corrected chi connectivity index (χ0v) is 9.03. The van der Waals surface area contributed by atoms with Crippen molar-refractivity contribution in [1.29, 1.82) is 0 Å². The summed E-state index contributed by atoms with van der Waals surface area (Å²) in [7, 11) is 0. The standard InChI is InChI=1S/C12H8ClFN2/c13-12-4-2-1-3-9(12)6-16-11-5-10(14)7-15-8-11/h1-8H/b16-6+. The van der Waals surface area contributed by atoms with Gasteiger partial charge < -0.3 is 0 Å². The monoisotopic (exact) mass is 234 g/mol. The highest BCUT2D eigenvalue weighted by molar-refractivity contribution is 6.33. The second kappa shape index (κ2) is 4.86. The molecule has 1 aromatic carbocycles. The molecular formula is C12H8ClFN2. The molecule has 0 bridgehead atoms. The molecule has 0 aliphatic carbocycles. The fourth-order valence-corrected chi connectivity index (χ4v) is 1.38. The fraction of sp³-hybridized carbons (Fsp3) is 0. The van der Waals surface area contributed by atoms with Crippen LogP contribution >= 0.6 is 11.6 Å². The van der Waals surface area contributed by atoms with Crippen molar-refractivity contribution in [2.75, 3.05) is 0 Å². The number of nitrogens with zero attached hydrogens (tertiary/aromatic N) is 2. The maximum absolute atomic E-state index is 12.8. The molecule has 0 N–H and O–H groups in total. The van der Waals surface area contributed by atoms with E-state index in [1.54, 1.807) is 12.3 Å². The van der Waals surface area contributed by atoms with Crippen molar-refractivity contribution in [2.24, 2.45) is 4.99 Å². The second-order valence-electron chi connectivity index (χ2n) is 3.14. The Hall–Kier alpha value is -1.74. The number of hydrogen-bond donors (Lipinski definition) is 0. The molecule has 1 aromatic heterocycles. The summed E-state index contributed by atoms with van der Waals surface area (Å²) in [6.45, 7) is 0. The van der Waals surface area contributed by atoms with Crippen LogP contribution in [-0.2, 0) is 0 Å². The van der Waals surface area contributed by atoms with Crippen LogP contribution in [0.15, 0.2) is 47.7 Å². The molecule has 0 saturated carbocycles. The predicted octanol–water partition coefficient (Wildman–Crippen LogP) is 3.62. The fourth-order valence-electron chi connectivity index (χ4n) is 1.20. The van der Waals surface area contributed by atoms with Crippen LogP contribution in [0, 0.1) is 5.82 Å². The van der Waals surface area contributed by atoms with Gasteiger partial charge in [-0.3, -0.25) is 9.98 Å². The molecule has 0 aliphatic rings. The van der Waals surface area contributed by atoms with Crippen LogP contribution in [0.25, 0.3) is 0 Å². The molecule has 0 aliphatic heterocycles. The highest BCUT2D eigenvalue weighted by atomic mass is 35.5. The van der Waals surface area contributed by atoms with Gasteiger partial charge in [-0.05, 0) is 6.07 Å². The minimum Gasteiger partial charge on any atom is -0.259 e. The Labute approximate surface area is 97.4 Å². The van der Waals surface area contributed by atoms with Crippen molar-refractivity contribution >= 4 is 23.5 Å². The van der Waals surface area contributed by atoms with Crippen molar-refractivity contribution < 1.29 is 4.39 Å². The summed E-state index contributed by atoms with van der Waals surface area (Å²) in [6.07, 6.45) is 4.20. The third-order valence-corrected chi connectivity index (χ3v) is 2.29. The molecular weight excluding hydrogens is 227 g/mol. The van der Waals surface area contributed by atoms with Gasteiger partial charge in [0.05, 0.1) is 18.1 Å². The summed E-state index contributed by atoms with van der Waals surface area (Å²) in [6, 6.07) is 8.60. The van der Waals surface area contributed by atoms with Crippen LogP contribution in [-0.4, -0.2) is 11.2 Å². The Bertz CT molecular complexity index is 526. The molecule has 2 nitrogen and oxygen atoms in total. The number of benzene rings is 1. The zero-order valence-electron chi connectivity index (χ0n) is 8.27. The van der Waals surface area contributed by atoms with E-state index >= 15 is 0 Å². The van der Waals surface area contributed by atoms with Crippen molar-refractivity contribution in [3.63, 3.8) is 0 Å². The number of hydrogen-bond acceptors (Lipinski definition) is 2. The van der Waals surface area contributed by atoms with Gasteiger partial charge >= 0.3 is 0 Å². The van der Waals surface area contributed by atoms with E-state index in [2.05, 4.69) is 9.98 Å². The molecule has 1 heterocycles. The average Bonchev–Trinajstić information content (AvgIpc) is 2.28. The van der Waals surface area contributed by atoms with Crippen molar-refractivity contribution in [3.8, 4) is 0 Å². The molecule has 0 radical (unpaired) electrons. The molecule has 80 valence electrons. The molecule has 0 saturated heterocycles. The first-order valence-electron chi connectivity index (χ1n) is 4.65. The van der Waals surface area contributed by atoms with E-state index in [0.29, 0.717) is 10.7 Å².